The molecule has 0 saturated heterocycles. The van der Waals surface area contributed by atoms with E-state index in [9.17, 15) is 5.11 Å². The molecule has 0 aliphatic carbocycles. The summed E-state index contributed by atoms with van der Waals surface area (Å²) in [5.74, 6) is 0.511. The third kappa shape index (κ3) is 2.57. The fourth-order valence-corrected chi connectivity index (χ4v) is 1.27. The van der Waals surface area contributed by atoms with Gasteiger partial charge in [-0.25, -0.2) is 0 Å². The topological polar surface area (TPSA) is 51.8 Å². The van der Waals surface area contributed by atoms with Gasteiger partial charge in [-0.05, 0) is 19.1 Å². The zero-order valence-electron chi connectivity index (χ0n) is 8.69. The van der Waals surface area contributed by atoms with E-state index in [2.05, 4.69) is 0 Å². The van der Waals surface area contributed by atoms with E-state index in [0.29, 0.717) is 12.2 Å². The number of ether oxygens (including phenoxy) is 2. The Morgan fingerprint density at radius 3 is 2.57 bits per heavy atom. The van der Waals surface area contributed by atoms with E-state index in [1.807, 2.05) is 0 Å². The van der Waals surface area contributed by atoms with Crippen molar-refractivity contribution >= 4 is 0 Å². The second-order valence-corrected chi connectivity index (χ2v) is 3.36. The highest BCUT2D eigenvalue weighted by Gasteiger charge is 2.30. The van der Waals surface area contributed by atoms with Crippen LogP contribution in [0.4, 0.5) is 0 Å². The second kappa shape index (κ2) is 4.59. The van der Waals surface area contributed by atoms with Crippen LogP contribution in [0.3, 0.4) is 0 Å². The van der Waals surface area contributed by atoms with Crippen LogP contribution in [-0.2, 0) is 15.1 Å². The van der Waals surface area contributed by atoms with Gasteiger partial charge in [-0.1, -0.05) is 0 Å². The number of hydrogen-bond donors (Lipinski definition) is 1. The van der Waals surface area contributed by atoms with E-state index in [-0.39, 0.29) is 0 Å². The summed E-state index contributed by atoms with van der Waals surface area (Å²) in [7, 11) is 3.07. The Kier molecular flexibility index (Phi) is 3.69. The van der Waals surface area contributed by atoms with Crippen LogP contribution in [0.5, 0.6) is 0 Å². The molecular weight excluding hydrogens is 184 g/mol. The summed E-state index contributed by atoms with van der Waals surface area (Å²) in [6.07, 6.45) is 1.42. The highest BCUT2D eigenvalue weighted by atomic mass is 16.7. The van der Waals surface area contributed by atoms with E-state index in [1.165, 1.54) is 20.5 Å². The second-order valence-electron chi connectivity index (χ2n) is 3.36. The molecular formula is C10H16O4. The normalized spacial score (nSPS) is 15.8. The molecule has 0 fully saturated rings. The van der Waals surface area contributed by atoms with Gasteiger partial charge in [0.25, 0.3) is 0 Å². The van der Waals surface area contributed by atoms with E-state index in [1.54, 1.807) is 19.1 Å². The fourth-order valence-electron chi connectivity index (χ4n) is 1.27. The molecule has 4 nitrogen and oxygen atoms in total. The van der Waals surface area contributed by atoms with E-state index in [0.717, 1.165) is 0 Å². The van der Waals surface area contributed by atoms with Gasteiger partial charge < -0.3 is 19.0 Å². The molecule has 80 valence electrons. The van der Waals surface area contributed by atoms with E-state index >= 15 is 0 Å². The van der Waals surface area contributed by atoms with Crippen molar-refractivity contribution in [1.29, 1.82) is 0 Å². The first-order chi connectivity index (χ1) is 6.60. The summed E-state index contributed by atoms with van der Waals surface area (Å²) in [5, 5.41) is 10.1. The van der Waals surface area contributed by atoms with Gasteiger partial charge in [0.1, 0.15) is 11.4 Å². The summed E-state index contributed by atoms with van der Waals surface area (Å²) in [6.45, 7) is 1.66. The number of rotatable bonds is 5. The summed E-state index contributed by atoms with van der Waals surface area (Å²) in [4.78, 5) is 0. The van der Waals surface area contributed by atoms with Crippen molar-refractivity contribution < 1.29 is 19.0 Å². The van der Waals surface area contributed by atoms with E-state index < -0.39 is 11.9 Å². The molecule has 0 bridgehead atoms. The first-order valence-electron chi connectivity index (χ1n) is 4.42. The van der Waals surface area contributed by atoms with Crippen LogP contribution in [0.25, 0.3) is 0 Å². The van der Waals surface area contributed by atoms with Gasteiger partial charge in [-0.3, -0.25) is 0 Å². The lowest BCUT2D eigenvalue weighted by atomic mass is 9.99. The predicted octanol–water partition coefficient (Wildman–Crippen LogP) is 1.50. The molecule has 0 radical (unpaired) electrons. The van der Waals surface area contributed by atoms with Crippen molar-refractivity contribution in [3.05, 3.63) is 24.2 Å². The first-order valence-corrected chi connectivity index (χ1v) is 4.42. The van der Waals surface area contributed by atoms with Gasteiger partial charge in [0.15, 0.2) is 6.29 Å². The monoisotopic (exact) mass is 200 g/mol. The third-order valence-corrected chi connectivity index (χ3v) is 2.14. The molecule has 1 unspecified atom stereocenters. The Morgan fingerprint density at radius 1 is 1.50 bits per heavy atom. The Hall–Kier alpha value is -0.840. The van der Waals surface area contributed by atoms with Crippen molar-refractivity contribution in [3.63, 3.8) is 0 Å². The lowest BCUT2D eigenvalue weighted by Crippen LogP contribution is -2.29. The highest BCUT2D eigenvalue weighted by molar-refractivity contribution is 5.07. The van der Waals surface area contributed by atoms with Gasteiger partial charge in [0, 0.05) is 20.6 Å². The maximum atomic E-state index is 10.1. The molecule has 1 atom stereocenters. The quantitative estimate of drug-likeness (QED) is 0.732. The minimum Gasteiger partial charge on any atom is -0.466 e. The molecule has 0 amide bonds. The summed E-state index contributed by atoms with van der Waals surface area (Å²) >= 11 is 0. The standard InChI is InChI=1S/C10H16O4/c1-10(11,7-9(12-2)13-3)8-5-4-6-14-8/h4-6,9,11H,7H2,1-3H3. The minimum atomic E-state index is -1.07. The number of aliphatic hydroxyl groups is 1. The lowest BCUT2D eigenvalue weighted by molar-refractivity contribution is -0.145. The van der Waals surface area contributed by atoms with Crippen LogP contribution in [0.2, 0.25) is 0 Å². The number of hydrogen-bond acceptors (Lipinski definition) is 4. The largest absolute Gasteiger partial charge is 0.466 e. The molecule has 1 N–H and O–H groups in total. The van der Waals surface area contributed by atoms with Crippen LogP contribution in [-0.4, -0.2) is 25.6 Å². The molecule has 1 rings (SSSR count). The Balaban J connectivity index is 2.66. The molecule has 1 aromatic rings. The van der Waals surface area contributed by atoms with Gasteiger partial charge in [-0.15, -0.1) is 0 Å². The predicted molar refractivity (Wildman–Crippen MR) is 50.7 cm³/mol. The van der Waals surface area contributed by atoms with Crippen molar-refractivity contribution in [3.8, 4) is 0 Å². The van der Waals surface area contributed by atoms with Gasteiger partial charge >= 0.3 is 0 Å². The highest BCUT2D eigenvalue weighted by Crippen LogP contribution is 2.27. The average molecular weight is 200 g/mol. The SMILES string of the molecule is COC(CC(C)(O)c1ccco1)OC. The molecule has 4 heteroatoms. The zero-order chi connectivity index (χ0) is 10.6. The smallest absolute Gasteiger partial charge is 0.160 e. The third-order valence-electron chi connectivity index (χ3n) is 2.14. The molecule has 0 spiro atoms. The number of methoxy groups -OCH3 is 2. The summed E-state index contributed by atoms with van der Waals surface area (Å²) in [6, 6.07) is 3.46. The molecule has 0 saturated carbocycles. The molecule has 0 aliphatic rings. The maximum absolute atomic E-state index is 10.1. The summed E-state index contributed by atoms with van der Waals surface area (Å²) < 4.78 is 15.1. The van der Waals surface area contributed by atoms with Crippen LogP contribution >= 0.6 is 0 Å². The van der Waals surface area contributed by atoms with Crippen molar-refractivity contribution in [2.45, 2.75) is 25.2 Å². The first kappa shape index (κ1) is 11.2. The van der Waals surface area contributed by atoms with Crippen LogP contribution in [0.15, 0.2) is 22.8 Å². The van der Waals surface area contributed by atoms with Crippen molar-refractivity contribution in [1.82, 2.24) is 0 Å². The Labute approximate surface area is 83.4 Å². The minimum absolute atomic E-state index is 0.327. The van der Waals surface area contributed by atoms with Gasteiger partial charge in [0.05, 0.1) is 6.26 Å². The van der Waals surface area contributed by atoms with Crippen LogP contribution < -0.4 is 0 Å². The molecule has 1 aromatic heterocycles. The fraction of sp³-hybridized carbons (Fsp3) is 0.600. The van der Waals surface area contributed by atoms with Gasteiger partial charge in [0.2, 0.25) is 0 Å². The molecule has 0 aromatic carbocycles. The lowest BCUT2D eigenvalue weighted by Gasteiger charge is -2.24. The molecule has 1 heterocycles. The number of furan rings is 1. The molecule has 14 heavy (non-hydrogen) atoms. The van der Waals surface area contributed by atoms with E-state index in [4.69, 9.17) is 13.9 Å². The van der Waals surface area contributed by atoms with Crippen molar-refractivity contribution in [2.75, 3.05) is 14.2 Å². The Bertz CT molecular complexity index is 249. The van der Waals surface area contributed by atoms with Gasteiger partial charge in [-0.2, -0.15) is 0 Å². The molecule has 0 aliphatic heterocycles. The summed E-state index contributed by atoms with van der Waals surface area (Å²) in [5.41, 5.74) is -1.07. The average Bonchev–Trinajstić information content (AvgIpc) is 2.67. The van der Waals surface area contributed by atoms with Crippen LogP contribution in [0.1, 0.15) is 19.1 Å². The Morgan fingerprint density at radius 2 is 2.14 bits per heavy atom. The maximum Gasteiger partial charge on any atom is 0.160 e. The van der Waals surface area contributed by atoms with Crippen molar-refractivity contribution in [2.24, 2.45) is 0 Å². The zero-order valence-corrected chi connectivity index (χ0v) is 8.69. The van der Waals surface area contributed by atoms with Crippen LogP contribution in [0, 0.1) is 0 Å².